The molecule has 242 valence electrons. The third-order valence-electron chi connectivity index (χ3n) is 7.74. The van der Waals surface area contributed by atoms with E-state index in [4.69, 9.17) is 14.5 Å². The molecule has 0 radical (unpaired) electrons. The van der Waals surface area contributed by atoms with E-state index in [-0.39, 0.29) is 41.5 Å². The van der Waals surface area contributed by atoms with E-state index >= 15 is 4.39 Å². The van der Waals surface area contributed by atoms with Gasteiger partial charge in [-0.15, -0.1) is 11.3 Å². The summed E-state index contributed by atoms with van der Waals surface area (Å²) in [4.78, 5) is 24.4. The first-order valence-corrected chi connectivity index (χ1v) is 16.6. The third kappa shape index (κ3) is 7.61. The van der Waals surface area contributed by atoms with Crippen LogP contribution < -0.4 is 4.31 Å². The molecule has 3 heterocycles. The molecule has 47 heavy (non-hydrogen) atoms. The molecule has 0 N–H and O–H groups in total. The molecule has 12 heteroatoms. The van der Waals surface area contributed by atoms with Gasteiger partial charge >= 0.3 is 6.09 Å². The summed E-state index contributed by atoms with van der Waals surface area (Å²) >= 11 is 2.34. The number of ether oxygens (including phenoxy) is 2. The fraction of sp³-hybridized carbons (Fsp3) is 0.229. The lowest BCUT2D eigenvalue weighted by molar-refractivity contribution is 0.0870. The summed E-state index contributed by atoms with van der Waals surface area (Å²) in [6.07, 6.45) is 4.37. The number of anilines is 1. The number of piperidine rings is 1. The molecule has 2 aromatic heterocycles. The van der Waals surface area contributed by atoms with Gasteiger partial charge in [0.2, 0.25) is 0 Å². The SMILES string of the molecule is COCN(Sc1cc(F)ccc1F)c1cccc(-c2nc(C3CCN(C(=O)OCc4ccccc4)CC3)sc2-c2ccncc2)c1F. The summed E-state index contributed by atoms with van der Waals surface area (Å²) in [5.74, 6) is -1.74. The van der Waals surface area contributed by atoms with Gasteiger partial charge in [-0.25, -0.2) is 22.9 Å². The fourth-order valence-corrected chi connectivity index (χ4v) is 7.55. The maximum atomic E-state index is 16.5. The molecular formula is C35H31F3N4O3S2. The Kier molecular flexibility index (Phi) is 10.4. The molecule has 1 aliphatic heterocycles. The second-order valence-electron chi connectivity index (χ2n) is 10.9. The Labute approximate surface area is 279 Å². The highest BCUT2D eigenvalue weighted by Crippen LogP contribution is 2.44. The quantitative estimate of drug-likeness (QED) is 0.108. The van der Waals surface area contributed by atoms with Crippen LogP contribution in [0, 0.1) is 17.5 Å². The Morgan fingerprint density at radius 3 is 2.51 bits per heavy atom. The maximum absolute atomic E-state index is 16.5. The van der Waals surface area contributed by atoms with E-state index in [1.165, 1.54) is 22.8 Å². The van der Waals surface area contributed by atoms with Crippen LogP contribution in [-0.2, 0) is 16.1 Å². The Bertz CT molecular complexity index is 1820. The van der Waals surface area contributed by atoms with Gasteiger partial charge in [-0.3, -0.25) is 9.29 Å². The van der Waals surface area contributed by atoms with Crippen LogP contribution in [0.15, 0.2) is 96.2 Å². The van der Waals surface area contributed by atoms with Crippen LogP contribution >= 0.6 is 23.3 Å². The monoisotopic (exact) mass is 676 g/mol. The van der Waals surface area contributed by atoms with Crippen molar-refractivity contribution in [1.82, 2.24) is 14.9 Å². The average molecular weight is 677 g/mol. The molecule has 1 aliphatic rings. The zero-order valence-electron chi connectivity index (χ0n) is 25.4. The number of likely N-dealkylation sites (tertiary alicyclic amines) is 1. The summed E-state index contributed by atoms with van der Waals surface area (Å²) in [5, 5.41) is 0.846. The van der Waals surface area contributed by atoms with Crippen LogP contribution in [0.2, 0.25) is 0 Å². The fourth-order valence-electron chi connectivity index (χ4n) is 5.34. The summed E-state index contributed by atoms with van der Waals surface area (Å²) in [6, 6.07) is 21.3. The van der Waals surface area contributed by atoms with Gasteiger partial charge in [-0.1, -0.05) is 36.4 Å². The Morgan fingerprint density at radius 2 is 1.77 bits per heavy atom. The molecule has 0 bridgehead atoms. The molecule has 3 aromatic carbocycles. The lowest BCUT2D eigenvalue weighted by Crippen LogP contribution is -2.38. The summed E-state index contributed by atoms with van der Waals surface area (Å²) in [5.41, 5.74) is 2.64. The molecule has 1 fully saturated rings. The lowest BCUT2D eigenvalue weighted by Gasteiger charge is -2.30. The van der Waals surface area contributed by atoms with Crippen molar-refractivity contribution >= 4 is 35.1 Å². The highest BCUT2D eigenvalue weighted by Gasteiger charge is 2.29. The number of aromatic nitrogens is 2. The van der Waals surface area contributed by atoms with Gasteiger partial charge < -0.3 is 14.4 Å². The van der Waals surface area contributed by atoms with Gasteiger partial charge in [0.15, 0.2) is 5.82 Å². The molecule has 1 saturated heterocycles. The number of rotatable bonds is 10. The molecule has 7 nitrogen and oxygen atoms in total. The first-order valence-electron chi connectivity index (χ1n) is 15.0. The molecule has 5 aromatic rings. The summed E-state index contributed by atoms with van der Waals surface area (Å²) in [7, 11) is 1.44. The first kappa shape index (κ1) is 32.5. The van der Waals surface area contributed by atoms with E-state index in [0.29, 0.717) is 31.6 Å². The molecule has 1 amide bonds. The second-order valence-corrected chi connectivity index (χ2v) is 13.0. The smallest absolute Gasteiger partial charge is 0.410 e. The van der Waals surface area contributed by atoms with Crippen molar-refractivity contribution in [2.75, 3.05) is 31.2 Å². The van der Waals surface area contributed by atoms with Crippen LogP contribution in [-0.4, -0.2) is 47.9 Å². The van der Waals surface area contributed by atoms with E-state index in [9.17, 15) is 13.6 Å². The minimum absolute atomic E-state index is 0.00411. The normalized spacial score (nSPS) is 13.5. The zero-order valence-corrected chi connectivity index (χ0v) is 27.1. The second kappa shape index (κ2) is 15.0. The zero-order chi connectivity index (χ0) is 32.8. The molecule has 6 rings (SSSR count). The van der Waals surface area contributed by atoms with E-state index in [2.05, 4.69) is 4.98 Å². The van der Waals surface area contributed by atoms with Crippen LogP contribution in [0.1, 0.15) is 29.3 Å². The van der Waals surface area contributed by atoms with E-state index < -0.39 is 17.5 Å². The minimum atomic E-state index is -0.631. The van der Waals surface area contributed by atoms with Gasteiger partial charge in [-0.2, -0.15) is 0 Å². The van der Waals surface area contributed by atoms with Crippen molar-refractivity contribution in [2.45, 2.75) is 30.3 Å². The largest absolute Gasteiger partial charge is 0.445 e. The molecule has 0 atom stereocenters. The maximum Gasteiger partial charge on any atom is 0.410 e. The molecule has 0 saturated carbocycles. The van der Waals surface area contributed by atoms with Crippen molar-refractivity contribution in [3.8, 4) is 21.7 Å². The van der Waals surface area contributed by atoms with Gasteiger partial charge in [0, 0.05) is 44.1 Å². The first-order chi connectivity index (χ1) is 22.9. The minimum Gasteiger partial charge on any atom is -0.445 e. The Balaban J connectivity index is 1.26. The highest BCUT2D eigenvalue weighted by atomic mass is 32.2. The topological polar surface area (TPSA) is 67.8 Å². The van der Waals surface area contributed by atoms with Gasteiger partial charge in [0.1, 0.15) is 25.0 Å². The number of hydrogen-bond donors (Lipinski definition) is 0. The number of amides is 1. The van der Waals surface area contributed by atoms with Crippen LogP contribution in [0.3, 0.4) is 0 Å². The third-order valence-corrected chi connectivity index (χ3v) is 10.0. The van der Waals surface area contributed by atoms with Gasteiger partial charge in [-0.05, 0) is 78.4 Å². The number of halogens is 3. The Hall–Kier alpha value is -4.39. The van der Waals surface area contributed by atoms with E-state index in [1.807, 2.05) is 42.5 Å². The van der Waals surface area contributed by atoms with Crippen molar-refractivity contribution in [1.29, 1.82) is 0 Å². The number of thiazole rings is 1. The predicted octanol–water partition coefficient (Wildman–Crippen LogP) is 8.92. The average Bonchev–Trinajstić information content (AvgIpc) is 3.55. The van der Waals surface area contributed by atoms with Gasteiger partial charge in [0.25, 0.3) is 0 Å². The molecule has 0 unspecified atom stereocenters. The number of pyridine rings is 1. The summed E-state index contributed by atoms with van der Waals surface area (Å²) in [6.45, 7) is 1.16. The number of carbonyl (C=O) groups is 1. The van der Waals surface area contributed by atoms with Crippen molar-refractivity contribution in [3.05, 3.63) is 119 Å². The van der Waals surface area contributed by atoms with E-state index in [1.54, 1.807) is 35.5 Å². The number of benzene rings is 3. The number of methoxy groups -OCH3 is 1. The number of nitrogens with zero attached hydrogens (tertiary/aromatic N) is 4. The van der Waals surface area contributed by atoms with Crippen molar-refractivity contribution in [2.24, 2.45) is 0 Å². The lowest BCUT2D eigenvalue weighted by atomic mass is 9.97. The van der Waals surface area contributed by atoms with Crippen LogP contribution in [0.5, 0.6) is 0 Å². The number of hydrogen-bond acceptors (Lipinski definition) is 8. The molecule has 0 spiro atoms. The van der Waals surface area contributed by atoms with Gasteiger partial charge in [0.05, 0.1) is 26.2 Å². The highest BCUT2D eigenvalue weighted by molar-refractivity contribution is 8.00. The van der Waals surface area contributed by atoms with E-state index in [0.717, 1.165) is 51.2 Å². The van der Waals surface area contributed by atoms with Crippen molar-refractivity contribution < 1.29 is 27.4 Å². The predicted molar refractivity (Wildman–Crippen MR) is 177 cm³/mol. The molecular weight excluding hydrogens is 646 g/mol. The Morgan fingerprint density at radius 1 is 1.00 bits per heavy atom. The van der Waals surface area contributed by atoms with Crippen molar-refractivity contribution in [3.63, 3.8) is 0 Å². The standard InChI is InChI=1S/C35H31F3N4O3S2/c1-44-22-42(47-30-20-26(36)10-11-28(30)37)29-9-5-8-27(31(29)38)32-33(24-12-16-39-17-13-24)46-34(40-32)25-14-18-41(19-15-25)35(43)45-21-23-6-3-2-4-7-23/h2-13,16-17,20,25H,14-15,18-19,21-22H2,1H3. The number of carbonyl (C=O) groups excluding carboxylic acids is 1. The molecule has 0 aliphatic carbocycles. The summed E-state index contributed by atoms with van der Waals surface area (Å²) < 4.78 is 57.3. The van der Waals surface area contributed by atoms with Crippen LogP contribution in [0.25, 0.3) is 21.7 Å². The van der Waals surface area contributed by atoms with Crippen LogP contribution in [0.4, 0.5) is 23.7 Å².